The van der Waals surface area contributed by atoms with E-state index in [2.05, 4.69) is 20.6 Å². The van der Waals surface area contributed by atoms with E-state index in [0.29, 0.717) is 29.2 Å². The quantitative estimate of drug-likeness (QED) is 0.372. The van der Waals surface area contributed by atoms with Gasteiger partial charge in [-0.15, -0.1) is 0 Å². The van der Waals surface area contributed by atoms with E-state index in [9.17, 15) is 14.4 Å². The smallest absolute Gasteiger partial charge is 0.314 e. The van der Waals surface area contributed by atoms with Gasteiger partial charge in [-0.2, -0.15) is 0 Å². The van der Waals surface area contributed by atoms with Crippen LogP contribution in [0.1, 0.15) is 48.9 Å². The van der Waals surface area contributed by atoms with E-state index in [0.717, 1.165) is 6.54 Å². The highest BCUT2D eigenvalue weighted by Gasteiger charge is 2.11. The van der Waals surface area contributed by atoms with Gasteiger partial charge < -0.3 is 20.6 Å². The highest BCUT2D eigenvalue weighted by atomic mass is 16.2. The molecule has 3 rings (SSSR count). The Morgan fingerprint density at radius 1 is 0.960 bits per heavy atom. The van der Waals surface area contributed by atoms with Gasteiger partial charge in [0.2, 0.25) is 0 Å². The Kier molecular flexibility index (Phi) is 5.65. The second-order valence-corrected chi connectivity index (χ2v) is 6.57. The highest BCUT2D eigenvalue weighted by Crippen LogP contribution is 2.16. The van der Waals surface area contributed by atoms with Crippen molar-refractivity contribution in [3.05, 3.63) is 44.5 Å². The number of hydrogen-bond donors (Lipinski definition) is 4. The monoisotopic (exact) mass is 344 g/mol. The molecule has 4 N–H and O–H groups in total. The predicted molar refractivity (Wildman–Crippen MR) is 97.0 cm³/mol. The van der Waals surface area contributed by atoms with Crippen molar-refractivity contribution in [1.82, 2.24) is 20.6 Å². The minimum Gasteiger partial charge on any atom is -0.351 e. The van der Waals surface area contributed by atoms with Crippen molar-refractivity contribution in [2.24, 2.45) is 0 Å². The number of nitrogens with one attached hydrogen (secondary N) is 4. The van der Waals surface area contributed by atoms with E-state index in [4.69, 9.17) is 0 Å². The maximum absolute atomic E-state index is 12.2. The molecule has 1 aromatic heterocycles. The SMILES string of the molecule is O=C(NCCNC1CCCCCC1)c1ccc2[nH]c(=O)c(=O)[nH]c2c1. The number of rotatable bonds is 5. The molecule has 1 fully saturated rings. The Morgan fingerprint density at radius 2 is 1.64 bits per heavy atom. The Labute approximate surface area is 145 Å². The molecule has 0 unspecified atom stereocenters. The summed E-state index contributed by atoms with van der Waals surface area (Å²) in [5.74, 6) is -0.198. The van der Waals surface area contributed by atoms with Crippen molar-refractivity contribution in [2.45, 2.75) is 44.6 Å². The van der Waals surface area contributed by atoms with Crippen LogP contribution < -0.4 is 21.8 Å². The molecular weight excluding hydrogens is 320 g/mol. The van der Waals surface area contributed by atoms with Gasteiger partial charge in [0, 0.05) is 24.7 Å². The van der Waals surface area contributed by atoms with Gasteiger partial charge in [-0.3, -0.25) is 14.4 Å². The maximum Gasteiger partial charge on any atom is 0.314 e. The third kappa shape index (κ3) is 4.57. The molecule has 25 heavy (non-hydrogen) atoms. The molecule has 1 heterocycles. The molecule has 7 heteroatoms. The lowest BCUT2D eigenvalue weighted by Crippen LogP contribution is -2.36. The fraction of sp³-hybridized carbons (Fsp3) is 0.500. The van der Waals surface area contributed by atoms with Gasteiger partial charge in [-0.05, 0) is 31.0 Å². The molecule has 0 aliphatic heterocycles. The molecule has 0 saturated heterocycles. The summed E-state index contributed by atoms with van der Waals surface area (Å²) in [5.41, 5.74) is -0.0402. The Bertz CT molecular complexity index is 847. The number of aromatic nitrogens is 2. The lowest BCUT2D eigenvalue weighted by atomic mass is 10.1. The van der Waals surface area contributed by atoms with Gasteiger partial charge in [-0.1, -0.05) is 25.7 Å². The highest BCUT2D eigenvalue weighted by molar-refractivity contribution is 5.97. The fourth-order valence-electron chi connectivity index (χ4n) is 3.29. The minimum atomic E-state index is -0.724. The van der Waals surface area contributed by atoms with Gasteiger partial charge in [-0.25, -0.2) is 0 Å². The van der Waals surface area contributed by atoms with E-state index in [-0.39, 0.29) is 5.91 Å². The number of amides is 1. The van der Waals surface area contributed by atoms with Crippen molar-refractivity contribution >= 4 is 16.9 Å². The van der Waals surface area contributed by atoms with Crippen molar-refractivity contribution < 1.29 is 4.79 Å². The number of carbonyl (C=O) groups is 1. The zero-order chi connectivity index (χ0) is 17.6. The first-order valence-electron chi connectivity index (χ1n) is 8.91. The Morgan fingerprint density at radius 3 is 2.36 bits per heavy atom. The average molecular weight is 344 g/mol. The van der Waals surface area contributed by atoms with Crippen LogP contribution >= 0.6 is 0 Å². The molecule has 1 aliphatic rings. The first-order chi connectivity index (χ1) is 12.1. The third-order valence-electron chi connectivity index (χ3n) is 4.68. The van der Waals surface area contributed by atoms with E-state index in [1.54, 1.807) is 18.2 Å². The second kappa shape index (κ2) is 8.11. The molecule has 7 nitrogen and oxygen atoms in total. The summed E-state index contributed by atoms with van der Waals surface area (Å²) >= 11 is 0. The van der Waals surface area contributed by atoms with Crippen LogP contribution in [0.4, 0.5) is 0 Å². The minimum absolute atomic E-state index is 0.198. The first kappa shape index (κ1) is 17.4. The Hall–Kier alpha value is -2.41. The van der Waals surface area contributed by atoms with E-state index >= 15 is 0 Å². The molecule has 1 aromatic carbocycles. The van der Waals surface area contributed by atoms with Gasteiger partial charge in [0.05, 0.1) is 11.0 Å². The van der Waals surface area contributed by atoms with Crippen molar-refractivity contribution in [3.63, 3.8) is 0 Å². The predicted octanol–water partition coefficient (Wildman–Crippen LogP) is 1.26. The van der Waals surface area contributed by atoms with Crippen LogP contribution in [0.5, 0.6) is 0 Å². The van der Waals surface area contributed by atoms with Crippen LogP contribution in [0, 0.1) is 0 Å². The van der Waals surface area contributed by atoms with Crippen LogP contribution in [0.2, 0.25) is 0 Å². The summed E-state index contributed by atoms with van der Waals surface area (Å²) in [5, 5.41) is 6.39. The zero-order valence-electron chi connectivity index (χ0n) is 14.2. The van der Waals surface area contributed by atoms with Crippen LogP contribution in [0.15, 0.2) is 27.8 Å². The van der Waals surface area contributed by atoms with Crippen LogP contribution in [-0.4, -0.2) is 35.0 Å². The average Bonchev–Trinajstić information content (AvgIpc) is 2.88. The topological polar surface area (TPSA) is 107 Å². The van der Waals surface area contributed by atoms with Crippen LogP contribution in [0.25, 0.3) is 11.0 Å². The molecule has 134 valence electrons. The van der Waals surface area contributed by atoms with Gasteiger partial charge in [0.25, 0.3) is 5.91 Å². The summed E-state index contributed by atoms with van der Waals surface area (Å²) < 4.78 is 0. The molecule has 0 spiro atoms. The number of fused-ring (bicyclic) bond motifs is 1. The van der Waals surface area contributed by atoms with Crippen LogP contribution in [-0.2, 0) is 0 Å². The second-order valence-electron chi connectivity index (χ2n) is 6.57. The van der Waals surface area contributed by atoms with E-state index in [1.165, 1.54) is 38.5 Å². The van der Waals surface area contributed by atoms with Gasteiger partial charge in [0.1, 0.15) is 0 Å². The zero-order valence-corrected chi connectivity index (χ0v) is 14.2. The lowest BCUT2D eigenvalue weighted by Gasteiger charge is -2.16. The number of H-pyrrole nitrogens is 2. The van der Waals surface area contributed by atoms with Gasteiger partial charge in [0.15, 0.2) is 0 Å². The third-order valence-corrected chi connectivity index (χ3v) is 4.68. The largest absolute Gasteiger partial charge is 0.351 e. The summed E-state index contributed by atoms with van der Waals surface area (Å²) in [4.78, 5) is 39.9. The number of carbonyl (C=O) groups excluding carboxylic acids is 1. The molecule has 0 radical (unpaired) electrons. The van der Waals surface area contributed by atoms with E-state index in [1.807, 2.05) is 0 Å². The summed E-state index contributed by atoms with van der Waals surface area (Å²) in [6.07, 6.45) is 7.63. The summed E-state index contributed by atoms with van der Waals surface area (Å²) in [7, 11) is 0. The molecule has 1 saturated carbocycles. The van der Waals surface area contributed by atoms with Crippen molar-refractivity contribution in [1.29, 1.82) is 0 Å². The lowest BCUT2D eigenvalue weighted by molar-refractivity contribution is 0.0953. The number of aromatic amines is 2. The first-order valence-corrected chi connectivity index (χ1v) is 8.91. The molecule has 0 bridgehead atoms. The number of hydrogen-bond acceptors (Lipinski definition) is 4. The van der Waals surface area contributed by atoms with Crippen molar-refractivity contribution in [3.8, 4) is 0 Å². The van der Waals surface area contributed by atoms with Crippen LogP contribution in [0.3, 0.4) is 0 Å². The number of benzene rings is 1. The van der Waals surface area contributed by atoms with Crippen molar-refractivity contribution in [2.75, 3.05) is 13.1 Å². The summed E-state index contributed by atoms with van der Waals surface area (Å²) in [6, 6.07) is 5.37. The Balaban J connectivity index is 1.54. The summed E-state index contributed by atoms with van der Waals surface area (Å²) in [6.45, 7) is 1.30. The molecule has 0 atom stereocenters. The standard InChI is InChI=1S/C18H24N4O3/c23-16(20-10-9-19-13-5-3-1-2-4-6-13)12-7-8-14-15(11-12)22-18(25)17(24)21-14/h7-8,11,13,19H,1-6,9-10H2,(H,20,23)(H,21,24)(H,22,25). The maximum atomic E-state index is 12.2. The van der Waals surface area contributed by atoms with E-state index < -0.39 is 11.1 Å². The normalized spacial score (nSPS) is 15.8. The molecule has 1 aliphatic carbocycles. The molecule has 1 amide bonds. The molecular formula is C18H24N4O3. The molecule has 2 aromatic rings. The van der Waals surface area contributed by atoms with Gasteiger partial charge >= 0.3 is 11.1 Å². The fourth-order valence-corrected chi connectivity index (χ4v) is 3.29.